The third kappa shape index (κ3) is 2.51. The summed E-state index contributed by atoms with van der Waals surface area (Å²) in [6.07, 6.45) is 1.58. The molecule has 4 heteroatoms. The van der Waals surface area contributed by atoms with Gasteiger partial charge < -0.3 is 9.84 Å². The fourth-order valence-corrected chi connectivity index (χ4v) is 2.56. The summed E-state index contributed by atoms with van der Waals surface area (Å²) in [5.74, 6) is 0.749. The number of hydrogen-bond acceptors (Lipinski definition) is 3. The van der Waals surface area contributed by atoms with Crippen LogP contribution in [0.5, 0.6) is 5.75 Å². The lowest BCUT2D eigenvalue weighted by Gasteiger charge is -2.29. The molecule has 1 aliphatic rings. The van der Waals surface area contributed by atoms with E-state index in [1.54, 1.807) is 6.20 Å². The third-order valence-corrected chi connectivity index (χ3v) is 3.78. The Morgan fingerprint density at radius 3 is 2.89 bits per heavy atom. The number of halogens is 1. The van der Waals surface area contributed by atoms with Gasteiger partial charge in [-0.2, -0.15) is 0 Å². The zero-order valence-electron chi connectivity index (χ0n) is 10.5. The first-order chi connectivity index (χ1) is 9.13. The molecular weight excluding hydrogens is 306 g/mol. The number of hydrogen-bond donors (Lipinski definition) is 1. The number of ether oxygens (including phenoxy) is 1. The number of aryl methyl sites for hydroxylation is 1. The number of aromatic nitrogens is 1. The highest BCUT2D eigenvalue weighted by atomic mass is 79.9. The summed E-state index contributed by atoms with van der Waals surface area (Å²) in [4.78, 5) is 4.34. The van der Waals surface area contributed by atoms with Crippen LogP contribution in [0.25, 0.3) is 0 Å². The van der Waals surface area contributed by atoms with Gasteiger partial charge in [-0.1, -0.05) is 11.6 Å². The van der Waals surface area contributed by atoms with Crippen molar-refractivity contribution >= 4 is 15.9 Å². The Bertz CT molecular complexity index is 598. The molecule has 2 aromatic rings. The molecule has 0 bridgehead atoms. The second kappa shape index (κ2) is 4.94. The van der Waals surface area contributed by atoms with Crippen molar-refractivity contribution in [3.63, 3.8) is 0 Å². The minimum atomic E-state index is -0.501. The normalized spacial score (nSPS) is 21.6. The van der Waals surface area contributed by atoms with E-state index in [2.05, 4.69) is 20.9 Å². The maximum Gasteiger partial charge on any atom is 0.143 e. The van der Waals surface area contributed by atoms with Gasteiger partial charge in [0.25, 0.3) is 0 Å². The van der Waals surface area contributed by atoms with E-state index in [4.69, 9.17) is 4.74 Å². The third-order valence-electron chi connectivity index (χ3n) is 3.31. The van der Waals surface area contributed by atoms with E-state index in [0.29, 0.717) is 6.42 Å². The molecule has 2 unspecified atom stereocenters. The highest BCUT2D eigenvalue weighted by Crippen LogP contribution is 2.40. The monoisotopic (exact) mass is 319 g/mol. The fraction of sp³-hybridized carbons (Fsp3) is 0.267. The molecule has 1 aromatic carbocycles. The molecule has 0 fully saturated rings. The zero-order valence-corrected chi connectivity index (χ0v) is 12.1. The van der Waals surface area contributed by atoms with Crippen molar-refractivity contribution in [3.05, 3.63) is 57.8 Å². The Labute approximate surface area is 120 Å². The van der Waals surface area contributed by atoms with Crippen LogP contribution < -0.4 is 4.74 Å². The van der Waals surface area contributed by atoms with Gasteiger partial charge in [0.15, 0.2) is 0 Å². The molecule has 0 saturated heterocycles. The van der Waals surface area contributed by atoms with Crippen LogP contribution >= 0.6 is 15.9 Å². The fourth-order valence-electron chi connectivity index (χ4n) is 2.33. The van der Waals surface area contributed by atoms with Gasteiger partial charge in [0.2, 0.25) is 0 Å². The molecule has 2 heterocycles. The smallest absolute Gasteiger partial charge is 0.143 e. The minimum Gasteiger partial charge on any atom is -0.484 e. The minimum absolute atomic E-state index is 0.196. The van der Waals surface area contributed by atoms with Crippen LogP contribution in [0, 0.1) is 6.92 Å². The van der Waals surface area contributed by atoms with Crippen molar-refractivity contribution in [2.75, 3.05) is 0 Å². The molecule has 1 aromatic heterocycles. The van der Waals surface area contributed by atoms with E-state index in [-0.39, 0.29) is 6.10 Å². The summed E-state index contributed by atoms with van der Waals surface area (Å²) in [5, 5.41) is 10.3. The number of aliphatic hydroxyl groups excluding tert-OH is 1. The Morgan fingerprint density at radius 1 is 1.32 bits per heavy atom. The molecule has 98 valence electrons. The molecule has 0 radical (unpaired) electrons. The predicted molar refractivity (Wildman–Crippen MR) is 76.1 cm³/mol. The van der Waals surface area contributed by atoms with E-state index >= 15 is 0 Å². The molecule has 2 atom stereocenters. The summed E-state index contributed by atoms with van der Waals surface area (Å²) in [6, 6.07) is 9.73. The largest absolute Gasteiger partial charge is 0.484 e. The average molecular weight is 320 g/mol. The van der Waals surface area contributed by atoms with Gasteiger partial charge in [-0.25, -0.2) is 0 Å². The molecule has 1 aliphatic heterocycles. The van der Waals surface area contributed by atoms with Gasteiger partial charge in [0.1, 0.15) is 11.9 Å². The number of benzene rings is 1. The molecule has 3 nitrogen and oxygen atoms in total. The van der Waals surface area contributed by atoms with Crippen LogP contribution in [0.3, 0.4) is 0 Å². The summed E-state index contributed by atoms with van der Waals surface area (Å²) in [7, 11) is 0. The zero-order chi connectivity index (χ0) is 13.4. The van der Waals surface area contributed by atoms with Crippen LogP contribution in [-0.2, 0) is 0 Å². The Balaban J connectivity index is 1.92. The quantitative estimate of drug-likeness (QED) is 0.871. The second-order valence-corrected chi connectivity index (χ2v) is 5.72. The standard InChI is InChI=1S/C15H14BrNO2/c1-9-2-5-14-11(6-9)13(18)7-15(19-14)12-4-3-10(16)8-17-12/h2-6,8,13,15,18H,7H2,1H3. The number of nitrogens with zero attached hydrogens (tertiary/aromatic N) is 1. The Hall–Kier alpha value is -1.39. The summed E-state index contributed by atoms with van der Waals surface area (Å²) < 4.78 is 6.88. The van der Waals surface area contributed by atoms with Gasteiger partial charge in [0.05, 0.1) is 11.8 Å². The molecule has 0 saturated carbocycles. The van der Waals surface area contributed by atoms with Crippen LogP contribution in [0.2, 0.25) is 0 Å². The second-order valence-electron chi connectivity index (χ2n) is 4.80. The SMILES string of the molecule is Cc1ccc2c(c1)C(O)CC(c1ccc(Br)cn1)O2. The van der Waals surface area contributed by atoms with Gasteiger partial charge in [-0.15, -0.1) is 0 Å². The van der Waals surface area contributed by atoms with Crippen LogP contribution in [0.1, 0.15) is 35.4 Å². The number of pyridine rings is 1. The van der Waals surface area contributed by atoms with Gasteiger partial charge >= 0.3 is 0 Å². The average Bonchev–Trinajstić information content (AvgIpc) is 2.40. The van der Waals surface area contributed by atoms with Gasteiger partial charge in [-0.05, 0) is 47.1 Å². The maximum absolute atomic E-state index is 10.3. The first-order valence-electron chi connectivity index (χ1n) is 6.20. The lowest BCUT2D eigenvalue weighted by atomic mass is 9.96. The summed E-state index contributed by atoms with van der Waals surface area (Å²) in [5.41, 5.74) is 2.84. The van der Waals surface area contributed by atoms with Crippen molar-refractivity contribution in [2.45, 2.75) is 25.6 Å². The van der Waals surface area contributed by atoms with Crippen molar-refractivity contribution in [1.29, 1.82) is 0 Å². The molecule has 0 amide bonds. The Morgan fingerprint density at radius 2 is 2.16 bits per heavy atom. The maximum atomic E-state index is 10.3. The van der Waals surface area contributed by atoms with Crippen molar-refractivity contribution < 1.29 is 9.84 Å². The number of rotatable bonds is 1. The number of aliphatic hydroxyl groups is 1. The van der Waals surface area contributed by atoms with Crippen molar-refractivity contribution in [1.82, 2.24) is 4.98 Å². The van der Waals surface area contributed by atoms with E-state index in [1.807, 2.05) is 37.3 Å². The van der Waals surface area contributed by atoms with Crippen molar-refractivity contribution in [3.8, 4) is 5.75 Å². The highest BCUT2D eigenvalue weighted by molar-refractivity contribution is 9.10. The molecule has 3 rings (SSSR count). The van der Waals surface area contributed by atoms with E-state index in [9.17, 15) is 5.11 Å². The molecular formula is C15H14BrNO2. The van der Waals surface area contributed by atoms with Crippen molar-refractivity contribution in [2.24, 2.45) is 0 Å². The number of fused-ring (bicyclic) bond motifs is 1. The highest BCUT2D eigenvalue weighted by Gasteiger charge is 2.28. The van der Waals surface area contributed by atoms with Gasteiger partial charge in [-0.3, -0.25) is 4.98 Å². The molecule has 1 N–H and O–H groups in total. The Kier molecular flexibility index (Phi) is 3.29. The van der Waals surface area contributed by atoms with Crippen LogP contribution in [0.4, 0.5) is 0 Å². The lowest BCUT2D eigenvalue weighted by molar-refractivity contribution is 0.0636. The molecule has 0 spiro atoms. The van der Waals surface area contributed by atoms with Gasteiger partial charge in [0, 0.05) is 22.7 Å². The molecule has 0 aliphatic carbocycles. The topological polar surface area (TPSA) is 42.4 Å². The summed E-state index contributed by atoms with van der Waals surface area (Å²) in [6.45, 7) is 2.01. The first-order valence-corrected chi connectivity index (χ1v) is 6.99. The molecule has 19 heavy (non-hydrogen) atoms. The van der Waals surface area contributed by atoms with Crippen LogP contribution in [-0.4, -0.2) is 10.1 Å². The van der Waals surface area contributed by atoms with Crippen LogP contribution in [0.15, 0.2) is 41.0 Å². The predicted octanol–water partition coefficient (Wildman–Crippen LogP) is 3.71. The van der Waals surface area contributed by atoms with E-state index < -0.39 is 6.10 Å². The lowest BCUT2D eigenvalue weighted by Crippen LogP contribution is -2.19. The first kappa shape index (κ1) is 12.6. The van der Waals surface area contributed by atoms with E-state index in [0.717, 1.165) is 27.0 Å². The van der Waals surface area contributed by atoms with E-state index in [1.165, 1.54) is 0 Å². The summed E-state index contributed by atoms with van der Waals surface area (Å²) >= 11 is 3.36.